The van der Waals surface area contributed by atoms with Crippen molar-refractivity contribution in [2.75, 3.05) is 67.3 Å². The Bertz CT molecular complexity index is 395. The number of quaternary nitrogens is 1. The number of carbonyl (C=O) groups is 2. The highest BCUT2D eigenvalue weighted by Gasteiger charge is 2.17. The van der Waals surface area contributed by atoms with Crippen LogP contribution in [-0.2, 0) is 23.8 Å². The number of aliphatic carboxylic acids is 1. The van der Waals surface area contributed by atoms with E-state index in [-0.39, 0.29) is 39.6 Å². The van der Waals surface area contributed by atoms with E-state index < -0.39 is 36.9 Å². The highest BCUT2D eigenvalue weighted by molar-refractivity contribution is 5.70. The Kier molecular flexibility index (Phi) is 16.2. The molecule has 0 heterocycles. The first kappa shape index (κ1) is 27.9. The summed E-state index contributed by atoms with van der Waals surface area (Å²) in [6.45, 7) is 0.278. The lowest BCUT2D eigenvalue weighted by atomic mass is 10.4. The van der Waals surface area contributed by atoms with E-state index in [0.29, 0.717) is 4.48 Å². The molecule has 162 valence electrons. The maximum Gasteiger partial charge on any atom is 0.361 e. The maximum absolute atomic E-state index is 11.5. The molecular weight excluding hydrogens is 366 g/mol. The number of aliphatic hydroxyl groups excluding tert-OH is 4. The molecule has 0 spiro atoms. The predicted octanol–water partition coefficient (Wildman–Crippen LogP) is -3.90. The predicted molar refractivity (Wildman–Crippen MR) is 91.3 cm³/mol. The Labute approximate surface area is 159 Å². The van der Waals surface area contributed by atoms with Crippen LogP contribution in [0.4, 0.5) is 0 Å². The number of carboxylic acid groups (broad SMARTS) is 1. The molecule has 0 aromatic heterocycles. The number of rotatable bonds is 13. The van der Waals surface area contributed by atoms with Gasteiger partial charge in [0.1, 0.15) is 24.9 Å². The van der Waals surface area contributed by atoms with E-state index in [1.807, 2.05) is 21.1 Å². The topological polar surface area (TPSA) is 166 Å². The fourth-order valence-corrected chi connectivity index (χ4v) is 1.45. The van der Waals surface area contributed by atoms with Gasteiger partial charge in [-0.1, -0.05) is 0 Å². The monoisotopic (exact) mass is 399 g/mol. The third-order valence-corrected chi connectivity index (χ3v) is 2.49. The zero-order chi connectivity index (χ0) is 21.5. The van der Waals surface area contributed by atoms with Crippen molar-refractivity contribution in [2.45, 2.75) is 25.2 Å². The molecule has 0 aliphatic rings. The van der Waals surface area contributed by atoms with Gasteiger partial charge in [-0.15, -0.1) is 0 Å². The van der Waals surface area contributed by atoms with Crippen molar-refractivity contribution in [1.82, 2.24) is 0 Å². The van der Waals surface area contributed by atoms with E-state index in [4.69, 9.17) is 34.3 Å². The van der Waals surface area contributed by atoms with Crippen molar-refractivity contribution >= 4 is 11.9 Å². The fourth-order valence-electron chi connectivity index (χ4n) is 1.45. The molecule has 0 fully saturated rings. The van der Waals surface area contributed by atoms with Crippen molar-refractivity contribution < 1.29 is 53.8 Å². The second-order valence-corrected chi connectivity index (χ2v) is 6.84. The molecule has 4 N–H and O–H groups in total. The minimum Gasteiger partial charge on any atom is -0.550 e. The van der Waals surface area contributed by atoms with Crippen LogP contribution in [0, 0.1) is 0 Å². The van der Waals surface area contributed by atoms with Crippen molar-refractivity contribution in [3.8, 4) is 0 Å². The van der Waals surface area contributed by atoms with E-state index in [1.54, 1.807) is 0 Å². The van der Waals surface area contributed by atoms with E-state index in [2.05, 4.69) is 0 Å². The van der Waals surface area contributed by atoms with E-state index in [0.717, 1.165) is 6.92 Å². The number of aliphatic hydroxyl groups is 4. The maximum atomic E-state index is 11.5. The molecule has 0 saturated carbocycles. The first-order valence-electron chi connectivity index (χ1n) is 8.31. The summed E-state index contributed by atoms with van der Waals surface area (Å²) in [5, 5.41) is 45.6. The third kappa shape index (κ3) is 24.7. The first-order valence-corrected chi connectivity index (χ1v) is 8.31. The summed E-state index contributed by atoms with van der Waals surface area (Å²) in [5.41, 5.74) is 0. The average molecular weight is 399 g/mol. The van der Waals surface area contributed by atoms with Crippen LogP contribution in [-0.4, -0.2) is 122 Å². The molecule has 27 heavy (non-hydrogen) atoms. The summed E-state index contributed by atoms with van der Waals surface area (Å²) in [6.07, 6.45) is -2.88. The molecule has 0 bridgehead atoms. The van der Waals surface area contributed by atoms with Gasteiger partial charge < -0.3 is 49.0 Å². The molecule has 0 aliphatic carbocycles. The van der Waals surface area contributed by atoms with E-state index in [1.165, 1.54) is 0 Å². The van der Waals surface area contributed by atoms with Crippen molar-refractivity contribution in [1.29, 1.82) is 0 Å². The lowest BCUT2D eigenvalue weighted by Gasteiger charge is -2.22. The standard InChI is InChI=1S/C14H30NO8.C2H4O2/c1-15(2,3)4-14(20)23-10-13(19)9-22-8-12(18)7-21-6-11(17)5-16;1-2(3)4/h11-13,16-19H,4-10H2,1-3H3;1H3,(H,3,4)/q+1;/p-1. The van der Waals surface area contributed by atoms with Gasteiger partial charge in [0.25, 0.3) is 0 Å². The summed E-state index contributed by atoms with van der Waals surface area (Å²) in [7, 11) is 5.55. The zero-order valence-corrected chi connectivity index (χ0v) is 16.4. The molecule has 0 aromatic carbocycles. The summed E-state index contributed by atoms with van der Waals surface area (Å²) >= 11 is 0. The minimum absolute atomic E-state index is 0.0638. The number of carbonyl (C=O) groups excluding carboxylic acids is 2. The van der Waals surface area contributed by atoms with Gasteiger partial charge in [0.15, 0.2) is 6.54 Å². The summed E-state index contributed by atoms with van der Waals surface area (Å²) in [5.74, 6) is -1.49. The Morgan fingerprint density at radius 3 is 1.63 bits per heavy atom. The van der Waals surface area contributed by atoms with Gasteiger partial charge in [-0.3, -0.25) is 0 Å². The number of hydrogen-bond donors (Lipinski definition) is 4. The number of ether oxygens (including phenoxy) is 3. The third-order valence-electron chi connectivity index (χ3n) is 2.49. The van der Waals surface area contributed by atoms with Crippen LogP contribution in [0.15, 0.2) is 0 Å². The number of likely N-dealkylation sites (N-methyl/N-ethyl adjacent to an activating group) is 1. The Morgan fingerprint density at radius 1 is 0.889 bits per heavy atom. The molecule has 0 amide bonds. The van der Waals surface area contributed by atoms with Crippen LogP contribution in [0.2, 0.25) is 0 Å². The summed E-state index contributed by atoms with van der Waals surface area (Å²) in [6, 6.07) is 0. The Morgan fingerprint density at radius 2 is 1.26 bits per heavy atom. The number of carboxylic acids is 1. The van der Waals surface area contributed by atoms with Gasteiger partial charge in [0, 0.05) is 5.97 Å². The molecule has 0 aromatic rings. The van der Waals surface area contributed by atoms with Gasteiger partial charge in [-0.2, -0.15) is 0 Å². The molecule has 11 nitrogen and oxygen atoms in total. The Hall–Kier alpha value is -1.34. The van der Waals surface area contributed by atoms with Gasteiger partial charge in [0.2, 0.25) is 0 Å². The largest absolute Gasteiger partial charge is 0.550 e. The zero-order valence-electron chi connectivity index (χ0n) is 16.4. The van der Waals surface area contributed by atoms with Crippen molar-refractivity contribution in [3.05, 3.63) is 0 Å². The summed E-state index contributed by atoms with van der Waals surface area (Å²) < 4.78 is 15.4. The highest BCUT2D eigenvalue weighted by Crippen LogP contribution is 1.96. The van der Waals surface area contributed by atoms with Crippen LogP contribution >= 0.6 is 0 Å². The molecule has 3 unspecified atom stereocenters. The minimum atomic E-state index is -1.08. The normalized spacial score (nSPS) is 14.5. The second kappa shape index (κ2) is 15.7. The Balaban J connectivity index is 0. The smallest absolute Gasteiger partial charge is 0.361 e. The average Bonchev–Trinajstić information content (AvgIpc) is 2.50. The van der Waals surface area contributed by atoms with Gasteiger partial charge in [-0.25, -0.2) is 4.79 Å². The lowest BCUT2D eigenvalue weighted by Crippen LogP contribution is -2.41. The second-order valence-electron chi connectivity index (χ2n) is 6.84. The fraction of sp³-hybridized carbons (Fsp3) is 0.875. The number of nitrogens with zero attached hydrogens (tertiary/aromatic N) is 1. The van der Waals surface area contributed by atoms with Crippen LogP contribution < -0.4 is 5.11 Å². The van der Waals surface area contributed by atoms with Crippen LogP contribution in [0.25, 0.3) is 0 Å². The van der Waals surface area contributed by atoms with Gasteiger partial charge >= 0.3 is 5.97 Å². The number of esters is 1. The van der Waals surface area contributed by atoms with Crippen molar-refractivity contribution in [3.63, 3.8) is 0 Å². The highest BCUT2D eigenvalue weighted by atomic mass is 16.6. The molecule has 0 rings (SSSR count). The summed E-state index contributed by atoms with van der Waals surface area (Å²) in [4.78, 5) is 20.3. The molecule has 0 aliphatic heterocycles. The lowest BCUT2D eigenvalue weighted by molar-refractivity contribution is -0.862. The quantitative estimate of drug-likeness (QED) is 0.178. The SMILES string of the molecule is CC(=O)[O-].C[N+](C)(C)CC(=O)OCC(O)COCC(O)COCC(O)CO. The van der Waals surface area contributed by atoms with E-state index in [9.17, 15) is 15.0 Å². The number of hydrogen-bond acceptors (Lipinski definition) is 10. The molecule has 3 atom stereocenters. The molecule has 0 saturated heterocycles. The van der Waals surface area contributed by atoms with Gasteiger partial charge in [-0.05, 0) is 6.92 Å². The first-order chi connectivity index (χ1) is 12.4. The van der Waals surface area contributed by atoms with Gasteiger partial charge in [0.05, 0.1) is 54.2 Å². The van der Waals surface area contributed by atoms with Crippen molar-refractivity contribution in [2.24, 2.45) is 0 Å². The van der Waals surface area contributed by atoms with E-state index >= 15 is 0 Å². The molecular formula is C16H33NO10. The van der Waals surface area contributed by atoms with Crippen LogP contribution in [0.5, 0.6) is 0 Å². The van der Waals surface area contributed by atoms with Crippen LogP contribution in [0.1, 0.15) is 6.92 Å². The molecule has 0 radical (unpaired) electrons. The molecule has 11 heteroatoms. The van der Waals surface area contributed by atoms with Crippen LogP contribution in [0.3, 0.4) is 0 Å².